The van der Waals surface area contributed by atoms with E-state index in [1.54, 1.807) is 18.2 Å². The lowest BCUT2D eigenvalue weighted by Gasteiger charge is -2.28. The minimum Gasteiger partial charge on any atom is -0.310 e. The molecule has 0 unspecified atom stereocenters. The van der Waals surface area contributed by atoms with Crippen LogP contribution in [0, 0.1) is 0 Å². The van der Waals surface area contributed by atoms with E-state index in [1.807, 2.05) is 71.3 Å². The number of hydrogen-bond donors (Lipinski definition) is 0. The van der Waals surface area contributed by atoms with E-state index in [0.717, 1.165) is 27.4 Å². The molecule has 0 saturated carbocycles. The van der Waals surface area contributed by atoms with Gasteiger partial charge in [-0.2, -0.15) is 0 Å². The Balaban J connectivity index is 1.28. The minimum absolute atomic E-state index is 0.123. The second-order valence-corrected chi connectivity index (χ2v) is 13.3. The van der Waals surface area contributed by atoms with Gasteiger partial charge in [-0.05, 0) is 110 Å². The lowest BCUT2D eigenvalue weighted by molar-refractivity contribution is 0.660. The fourth-order valence-electron chi connectivity index (χ4n) is 7.52. The third kappa shape index (κ3) is 5.33. The van der Waals surface area contributed by atoms with Crippen molar-refractivity contribution in [1.82, 2.24) is 4.57 Å². The Morgan fingerprint density at radius 3 is 2.04 bits per heavy atom. The first-order chi connectivity index (χ1) is 38.9. The molecule has 0 atom stereocenters. The Morgan fingerprint density at radius 1 is 0.474 bits per heavy atom. The van der Waals surface area contributed by atoms with Crippen LogP contribution in [0.15, 0.2) is 206 Å². The molecule has 0 amide bonds. The van der Waals surface area contributed by atoms with Gasteiger partial charge in [0.2, 0.25) is 0 Å². The first kappa shape index (κ1) is 16.1. The van der Waals surface area contributed by atoms with Crippen LogP contribution in [-0.4, -0.2) is 4.57 Å². The number of fused-ring (bicyclic) bond motifs is 7. The van der Waals surface area contributed by atoms with Crippen LogP contribution in [0.3, 0.4) is 0 Å². The largest absolute Gasteiger partial charge is 0.310 e. The number of hydrogen-bond acceptors (Lipinski definition) is 1. The quantitative estimate of drug-likeness (QED) is 0.164. The molecule has 0 aliphatic heterocycles. The normalized spacial score (nSPS) is 19.8. The molecule has 1 aliphatic carbocycles. The summed E-state index contributed by atoms with van der Waals surface area (Å²) in [6.07, 6.45) is 0. The molecule has 2 heteroatoms. The standard InChI is InChI=1S/C55H40N2/c1-55(2)50-23-10-8-21-46(50)47-32-31-44(36-51(47)55)56(43-19-12-18-40(34-43)37-14-4-3-5-15-37)42-29-26-38(27-30-42)41-28-33-54-49(35-41)48-22-9-11-24-53(48)57(54)52-25-13-17-39-16-6-7-20-45(39)52/h3-36H,1-2H3/i1D3,2D3,3D,4D,5D,8D,10D,12D,14D,15D,18D,19D,21D,23D,26D,27D,29D,30D,31D,32D,34D,36D. The summed E-state index contributed by atoms with van der Waals surface area (Å²) in [6.45, 7) is -7.87. The maximum Gasteiger partial charge on any atom is 0.0651 e. The van der Waals surface area contributed by atoms with E-state index >= 15 is 0 Å². The van der Waals surface area contributed by atoms with Crippen molar-refractivity contribution < 1.29 is 35.6 Å². The molecule has 0 radical (unpaired) electrons. The van der Waals surface area contributed by atoms with Gasteiger partial charge in [-0.1, -0.05) is 159 Å². The van der Waals surface area contributed by atoms with Gasteiger partial charge in [0.1, 0.15) is 0 Å². The highest BCUT2D eigenvalue weighted by atomic mass is 15.1. The second-order valence-electron chi connectivity index (χ2n) is 13.3. The van der Waals surface area contributed by atoms with E-state index in [0.29, 0.717) is 15.8 Å². The molecule has 57 heavy (non-hydrogen) atoms. The highest BCUT2D eigenvalue weighted by Gasteiger charge is 2.35. The molecule has 270 valence electrons. The van der Waals surface area contributed by atoms with Crippen LogP contribution in [0.2, 0.25) is 0 Å². The zero-order chi connectivity index (χ0) is 60.5. The van der Waals surface area contributed by atoms with Crippen molar-refractivity contribution in [2.75, 3.05) is 4.90 Å². The highest BCUT2D eigenvalue weighted by molar-refractivity contribution is 6.11. The van der Waals surface area contributed by atoms with Crippen molar-refractivity contribution in [3.05, 3.63) is 217 Å². The van der Waals surface area contributed by atoms with Gasteiger partial charge in [0.05, 0.1) is 44.1 Å². The topological polar surface area (TPSA) is 8.17 Å². The van der Waals surface area contributed by atoms with Gasteiger partial charge in [-0.3, -0.25) is 0 Å². The fraction of sp³-hybridized carbons (Fsp3) is 0.0545. The maximum atomic E-state index is 10.1. The molecule has 11 rings (SSSR count). The summed E-state index contributed by atoms with van der Waals surface area (Å²) in [5.41, 5.74) is -11.0. The van der Waals surface area contributed by atoms with Gasteiger partial charge in [0, 0.05) is 46.9 Å². The smallest absolute Gasteiger partial charge is 0.0651 e. The van der Waals surface area contributed by atoms with Crippen LogP contribution in [0.4, 0.5) is 17.1 Å². The lowest BCUT2D eigenvalue weighted by Crippen LogP contribution is -2.16. The maximum absolute atomic E-state index is 10.1. The van der Waals surface area contributed by atoms with Gasteiger partial charge < -0.3 is 9.47 Å². The van der Waals surface area contributed by atoms with Gasteiger partial charge >= 0.3 is 0 Å². The summed E-state index contributed by atoms with van der Waals surface area (Å²) < 4.78 is 240. The molecular weight excluding hydrogens is 689 g/mol. The predicted molar refractivity (Wildman–Crippen MR) is 241 cm³/mol. The average Bonchev–Trinajstić information content (AvgIpc) is 1.76. The van der Waals surface area contributed by atoms with Crippen LogP contribution in [-0.2, 0) is 5.41 Å². The second kappa shape index (κ2) is 13.0. The van der Waals surface area contributed by atoms with Gasteiger partial charge in [0.15, 0.2) is 0 Å². The van der Waals surface area contributed by atoms with Crippen LogP contribution in [0.5, 0.6) is 0 Å². The molecule has 0 fully saturated rings. The Bertz CT molecular complexity index is 4480. The van der Waals surface area contributed by atoms with Crippen molar-refractivity contribution in [1.29, 1.82) is 0 Å². The van der Waals surface area contributed by atoms with Crippen LogP contribution in [0.1, 0.15) is 60.5 Å². The summed E-state index contributed by atoms with van der Waals surface area (Å²) in [4.78, 5) is 0.358. The van der Waals surface area contributed by atoms with Crippen LogP contribution in [0.25, 0.3) is 71.6 Å². The number of para-hydroxylation sites is 1. The minimum atomic E-state index is -3.94. The van der Waals surface area contributed by atoms with Crippen LogP contribution < -0.4 is 4.90 Å². The number of rotatable bonds is 6. The molecule has 1 aromatic heterocycles. The van der Waals surface area contributed by atoms with E-state index in [-0.39, 0.29) is 11.1 Å². The summed E-state index contributed by atoms with van der Waals surface area (Å²) in [6, 6.07) is 4.38. The SMILES string of the molecule is [2H]c1c([2H])c([2H])c(-c2c([2H])c([2H])c([2H])c(N(c3c([2H])c([2H])c(-c4ccc5c(c4)c4ccccc4n5-c4cccc5ccccc45)c([2H])c3[2H])c3c([2H])c([2H])c4c(c3[2H])C(C([2H])([2H])[2H])(C([2H])([2H])[2H])c3c([2H])c([2H])c([2H])c([2H])c3-4)c2[2H])c([2H])c1[2H]. The first-order valence-corrected chi connectivity index (χ1v) is 17.7. The predicted octanol–water partition coefficient (Wildman–Crippen LogP) is 15.0. The van der Waals surface area contributed by atoms with Crippen molar-refractivity contribution in [3.8, 4) is 39.1 Å². The zero-order valence-electron chi connectivity index (χ0n) is 55.5. The summed E-state index contributed by atoms with van der Waals surface area (Å²) in [5.74, 6) is 0. The van der Waals surface area contributed by atoms with E-state index in [2.05, 4.69) is 0 Å². The van der Waals surface area contributed by atoms with E-state index in [4.69, 9.17) is 23.3 Å². The number of anilines is 3. The van der Waals surface area contributed by atoms with Gasteiger partial charge in [-0.15, -0.1) is 0 Å². The zero-order valence-corrected chi connectivity index (χ0v) is 29.5. The van der Waals surface area contributed by atoms with Crippen LogP contribution >= 0.6 is 0 Å². The van der Waals surface area contributed by atoms with Crippen molar-refractivity contribution in [2.24, 2.45) is 0 Å². The Morgan fingerprint density at radius 2 is 1.16 bits per heavy atom. The molecule has 1 aliphatic rings. The molecule has 0 spiro atoms. The summed E-state index contributed by atoms with van der Waals surface area (Å²) >= 11 is 0. The van der Waals surface area contributed by atoms with Crippen molar-refractivity contribution >= 4 is 49.6 Å². The van der Waals surface area contributed by atoms with Gasteiger partial charge in [-0.25, -0.2) is 0 Å². The van der Waals surface area contributed by atoms with E-state index in [1.165, 1.54) is 0 Å². The molecule has 10 aromatic rings. The van der Waals surface area contributed by atoms with E-state index < -0.39 is 190 Å². The average molecular weight is 755 g/mol. The molecule has 2 nitrogen and oxygen atoms in total. The van der Waals surface area contributed by atoms with Crippen molar-refractivity contribution in [2.45, 2.75) is 19.1 Å². The Kier molecular flexibility index (Phi) is 3.67. The highest BCUT2D eigenvalue weighted by Crippen LogP contribution is 2.51. The first-order valence-electron chi connectivity index (χ1n) is 30.7. The Hall–Kier alpha value is -7.16. The molecular formula is C55H40N2. The van der Waals surface area contributed by atoms with Crippen molar-refractivity contribution in [3.63, 3.8) is 0 Å². The molecule has 0 bridgehead atoms. The third-order valence-corrected chi connectivity index (χ3v) is 10.1. The molecule has 1 heterocycles. The number of nitrogens with zero attached hydrogens (tertiary/aromatic N) is 2. The number of benzene rings is 9. The Labute approximate surface area is 370 Å². The molecule has 9 aromatic carbocycles. The third-order valence-electron chi connectivity index (χ3n) is 10.1. The van der Waals surface area contributed by atoms with E-state index in [9.17, 15) is 12.3 Å². The monoisotopic (exact) mass is 754 g/mol. The van der Waals surface area contributed by atoms with Gasteiger partial charge in [0.25, 0.3) is 0 Å². The summed E-state index contributed by atoms with van der Waals surface area (Å²) in [5, 5.41) is 3.23. The number of aromatic nitrogens is 1. The summed E-state index contributed by atoms with van der Waals surface area (Å²) in [7, 11) is 0. The fourth-order valence-corrected chi connectivity index (χ4v) is 7.52. The molecule has 0 saturated heterocycles. The lowest BCUT2D eigenvalue weighted by atomic mass is 9.82. The molecule has 0 N–H and O–H groups in total.